The molecule has 0 fully saturated rings. The molecule has 0 bridgehead atoms. The number of methoxy groups -OCH3 is 2. The zero-order valence-corrected chi connectivity index (χ0v) is 20.8. The van der Waals surface area contributed by atoms with Gasteiger partial charge in [-0.15, -0.1) is 0 Å². The van der Waals surface area contributed by atoms with Crippen molar-refractivity contribution in [1.82, 2.24) is 10.3 Å². The Hall–Kier alpha value is -4.30. The van der Waals surface area contributed by atoms with Crippen molar-refractivity contribution in [3.63, 3.8) is 0 Å². The molecule has 3 aromatic carbocycles. The number of hydrogen-bond acceptors (Lipinski definition) is 6. The van der Waals surface area contributed by atoms with Gasteiger partial charge in [-0.05, 0) is 36.9 Å². The minimum Gasteiger partial charge on any atom is -0.494 e. The molecule has 4 rings (SSSR count). The van der Waals surface area contributed by atoms with Gasteiger partial charge in [-0.1, -0.05) is 37.3 Å². The highest BCUT2D eigenvalue weighted by molar-refractivity contribution is 6.22. The quantitative estimate of drug-likeness (QED) is 0.300. The molecule has 0 spiro atoms. The minimum absolute atomic E-state index is 0.00622. The number of aromatic hydroxyl groups is 1. The predicted octanol–water partition coefficient (Wildman–Crippen LogP) is 4.63. The second kappa shape index (κ2) is 11.0. The van der Waals surface area contributed by atoms with Crippen LogP contribution in [0, 0.1) is 0 Å². The van der Waals surface area contributed by atoms with E-state index in [4.69, 9.17) is 14.5 Å². The van der Waals surface area contributed by atoms with E-state index in [0.29, 0.717) is 34.0 Å². The van der Waals surface area contributed by atoms with E-state index in [-0.39, 0.29) is 18.3 Å². The molecule has 3 N–H and O–H groups in total. The largest absolute Gasteiger partial charge is 0.494 e. The molecule has 8 heteroatoms. The first-order valence-corrected chi connectivity index (χ1v) is 11.6. The van der Waals surface area contributed by atoms with Crippen molar-refractivity contribution in [3.05, 3.63) is 77.9 Å². The number of ether oxygens (including phenoxy) is 2. The lowest BCUT2D eigenvalue weighted by atomic mass is 10.0. The van der Waals surface area contributed by atoms with Gasteiger partial charge in [-0.2, -0.15) is 0 Å². The van der Waals surface area contributed by atoms with Crippen LogP contribution in [0.4, 0.5) is 11.4 Å². The predicted molar refractivity (Wildman–Crippen MR) is 143 cm³/mol. The summed E-state index contributed by atoms with van der Waals surface area (Å²) in [5.74, 6) is 1.08. The summed E-state index contributed by atoms with van der Waals surface area (Å²) in [6.45, 7) is 2.97. The Morgan fingerprint density at radius 3 is 2.33 bits per heavy atom. The average molecular weight is 487 g/mol. The van der Waals surface area contributed by atoms with Crippen molar-refractivity contribution in [3.8, 4) is 17.4 Å². The SMILES string of the molecule is CCNCC(=O)N(C)c1ccc(N=C(c2ccccc2)c2c(O)[nH]c3cc(OC)c(OC)cc23)cc1. The van der Waals surface area contributed by atoms with Gasteiger partial charge in [-0.25, -0.2) is 4.99 Å². The first kappa shape index (κ1) is 24.8. The number of nitrogens with zero attached hydrogens (tertiary/aromatic N) is 2. The first-order chi connectivity index (χ1) is 17.5. The molecular weight excluding hydrogens is 456 g/mol. The topological polar surface area (TPSA) is 99.2 Å². The molecule has 0 unspecified atom stereocenters. The van der Waals surface area contributed by atoms with Gasteiger partial charge in [-0.3, -0.25) is 4.79 Å². The number of aromatic amines is 1. The molecule has 0 saturated carbocycles. The highest BCUT2D eigenvalue weighted by atomic mass is 16.5. The molecule has 0 atom stereocenters. The summed E-state index contributed by atoms with van der Waals surface area (Å²) in [4.78, 5) is 21.9. The van der Waals surface area contributed by atoms with Crippen molar-refractivity contribution < 1.29 is 19.4 Å². The molecule has 1 aromatic heterocycles. The maximum absolute atomic E-state index is 12.4. The fourth-order valence-corrected chi connectivity index (χ4v) is 3.98. The highest BCUT2D eigenvalue weighted by Crippen LogP contribution is 2.38. The van der Waals surface area contributed by atoms with Gasteiger partial charge >= 0.3 is 0 Å². The third-order valence-electron chi connectivity index (χ3n) is 5.95. The molecule has 0 aliphatic heterocycles. The van der Waals surface area contributed by atoms with Gasteiger partial charge in [0.1, 0.15) is 0 Å². The van der Waals surface area contributed by atoms with Crippen LogP contribution in [0.1, 0.15) is 18.1 Å². The summed E-state index contributed by atoms with van der Waals surface area (Å²) < 4.78 is 10.9. The summed E-state index contributed by atoms with van der Waals surface area (Å²) >= 11 is 0. The van der Waals surface area contributed by atoms with E-state index < -0.39 is 0 Å². The van der Waals surface area contributed by atoms with E-state index in [1.54, 1.807) is 32.2 Å². The number of benzene rings is 3. The molecule has 36 heavy (non-hydrogen) atoms. The number of rotatable bonds is 9. The fourth-order valence-electron chi connectivity index (χ4n) is 3.98. The Labute approximate surface area is 210 Å². The van der Waals surface area contributed by atoms with Crippen LogP contribution in [0.2, 0.25) is 0 Å². The van der Waals surface area contributed by atoms with Gasteiger partial charge < -0.3 is 29.8 Å². The maximum atomic E-state index is 12.4. The summed E-state index contributed by atoms with van der Waals surface area (Å²) in [5, 5.41) is 14.7. The number of anilines is 1. The number of carbonyl (C=O) groups excluding carboxylic acids is 1. The van der Waals surface area contributed by atoms with E-state index in [1.165, 1.54) is 0 Å². The Bertz CT molecular complexity index is 1380. The number of aliphatic imine (C=N–C) groups is 1. The zero-order chi connectivity index (χ0) is 25.7. The van der Waals surface area contributed by atoms with Crippen LogP contribution in [0.15, 0.2) is 71.7 Å². The average Bonchev–Trinajstić information content (AvgIpc) is 3.24. The summed E-state index contributed by atoms with van der Waals surface area (Å²) in [7, 11) is 4.89. The van der Waals surface area contributed by atoms with Crippen LogP contribution < -0.4 is 19.7 Å². The molecule has 0 aliphatic rings. The van der Waals surface area contributed by atoms with Crippen molar-refractivity contribution in [2.45, 2.75) is 6.92 Å². The number of amides is 1. The van der Waals surface area contributed by atoms with Crippen LogP contribution in [-0.4, -0.2) is 56.1 Å². The molecule has 4 aromatic rings. The number of aromatic nitrogens is 1. The van der Waals surface area contributed by atoms with Crippen LogP contribution in [-0.2, 0) is 4.79 Å². The Balaban J connectivity index is 1.80. The molecule has 0 aliphatic carbocycles. The van der Waals surface area contributed by atoms with Gasteiger partial charge in [0.05, 0.1) is 43.2 Å². The monoisotopic (exact) mass is 486 g/mol. The second-order valence-corrected chi connectivity index (χ2v) is 8.18. The lowest BCUT2D eigenvalue weighted by Crippen LogP contribution is -2.35. The van der Waals surface area contributed by atoms with Gasteiger partial charge in [0, 0.05) is 29.8 Å². The maximum Gasteiger partial charge on any atom is 0.240 e. The van der Waals surface area contributed by atoms with Crippen molar-refractivity contribution in [2.75, 3.05) is 39.3 Å². The Kier molecular flexibility index (Phi) is 7.56. The minimum atomic E-state index is -0.0221. The molecule has 0 radical (unpaired) electrons. The standard InChI is InChI=1S/C28H30N4O4/c1-5-29-17-25(33)32(2)20-13-11-19(12-14-20)30-27(18-9-7-6-8-10-18)26-21-15-23(35-3)24(36-4)16-22(21)31-28(26)34/h6-16,29,31,34H,5,17H2,1-4H3. The van der Waals surface area contributed by atoms with Gasteiger partial charge in [0.25, 0.3) is 0 Å². The molecule has 8 nitrogen and oxygen atoms in total. The smallest absolute Gasteiger partial charge is 0.240 e. The summed E-state index contributed by atoms with van der Waals surface area (Å²) in [5.41, 5.74) is 4.13. The van der Waals surface area contributed by atoms with Gasteiger partial charge in [0.15, 0.2) is 17.4 Å². The Morgan fingerprint density at radius 2 is 1.69 bits per heavy atom. The number of hydrogen-bond donors (Lipinski definition) is 3. The molecule has 186 valence electrons. The number of H-pyrrole nitrogens is 1. The van der Waals surface area contributed by atoms with Crippen LogP contribution >= 0.6 is 0 Å². The lowest BCUT2D eigenvalue weighted by Gasteiger charge is -2.17. The zero-order valence-electron chi connectivity index (χ0n) is 20.8. The Morgan fingerprint density at radius 1 is 1.03 bits per heavy atom. The second-order valence-electron chi connectivity index (χ2n) is 8.18. The highest BCUT2D eigenvalue weighted by Gasteiger charge is 2.21. The van der Waals surface area contributed by atoms with Crippen LogP contribution in [0.5, 0.6) is 17.4 Å². The fraction of sp³-hybridized carbons (Fsp3) is 0.214. The number of carbonyl (C=O) groups is 1. The number of likely N-dealkylation sites (N-methyl/N-ethyl adjacent to an activating group) is 2. The van der Waals surface area contributed by atoms with Crippen molar-refractivity contribution in [1.29, 1.82) is 0 Å². The lowest BCUT2D eigenvalue weighted by molar-refractivity contribution is -0.117. The van der Waals surface area contributed by atoms with E-state index in [1.807, 2.05) is 67.6 Å². The van der Waals surface area contributed by atoms with E-state index in [9.17, 15) is 9.90 Å². The third-order valence-corrected chi connectivity index (χ3v) is 5.95. The summed E-state index contributed by atoms with van der Waals surface area (Å²) in [6, 6.07) is 20.7. The van der Waals surface area contributed by atoms with Gasteiger partial charge in [0.2, 0.25) is 5.91 Å². The van der Waals surface area contributed by atoms with Crippen molar-refractivity contribution >= 4 is 33.9 Å². The van der Waals surface area contributed by atoms with Crippen LogP contribution in [0.3, 0.4) is 0 Å². The van der Waals surface area contributed by atoms with Crippen LogP contribution in [0.25, 0.3) is 10.9 Å². The molecule has 1 amide bonds. The van der Waals surface area contributed by atoms with E-state index >= 15 is 0 Å². The summed E-state index contributed by atoms with van der Waals surface area (Å²) in [6.07, 6.45) is 0. The third kappa shape index (κ3) is 5.04. The van der Waals surface area contributed by atoms with Crippen molar-refractivity contribution in [2.24, 2.45) is 4.99 Å². The molecular formula is C28H30N4O4. The van der Waals surface area contributed by atoms with E-state index in [2.05, 4.69) is 10.3 Å². The first-order valence-electron chi connectivity index (χ1n) is 11.6. The molecule has 0 saturated heterocycles. The molecule has 1 heterocycles. The van der Waals surface area contributed by atoms with E-state index in [0.717, 1.165) is 23.2 Å². The number of fused-ring (bicyclic) bond motifs is 1. The normalized spacial score (nSPS) is 11.5. The number of nitrogens with one attached hydrogen (secondary N) is 2.